The van der Waals surface area contributed by atoms with Crippen LogP contribution in [0.1, 0.15) is 73.1 Å². The lowest BCUT2D eigenvalue weighted by Crippen LogP contribution is -2.39. The van der Waals surface area contributed by atoms with Crippen molar-refractivity contribution < 1.29 is 9.90 Å². The molecule has 0 aliphatic carbocycles. The van der Waals surface area contributed by atoms with Crippen LogP contribution in [0.25, 0.3) is 0 Å². The van der Waals surface area contributed by atoms with Crippen LogP contribution in [-0.2, 0) is 4.79 Å². The SMILES string of the molecule is CCCC(C)C(C)(C)N.CCCCCC(=O)O. The summed E-state index contributed by atoms with van der Waals surface area (Å²) in [7, 11) is 0. The lowest BCUT2D eigenvalue weighted by molar-refractivity contribution is -0.137. The third kappa shape index (κ3) is 15.4. The number of carbonyl (C=O) groups is 1. The van der Waals surface area contributed by atoms with Gasteiger partial charge in [0.25, 0.3) is 0 Å². The summed E-state index contributed by atoms with van der Waals surface area (Å²) in [5.74, 6) is -0.0408. The first-order chi connectivity index (χ1) is 7.75. The molecule has 0 heterocycles. The van der Waals surface area contributed by atoms with Gasteiger partial charge in [-0.25, -0.2) is 0 Å². The highest BCUT2D eigenvalue weighted by Gasteiger charge is 2.18. The van der Waals surface area contributed by atoms with Crippen molar-refractivity contribution in [3.05, 3.63) is 0 Å². The Morgan fingerprint density at radius 2 is 1.76 bits per heavy atom. The van der Waals surface area contributed by atoms with Crippen LogP contribution in [0, 0.1) is 5.92 Å². The van der Waals surface area contributed by atoms with Gasteiger partial charge in [-0.05, 0) is 32.6 Å². The molecule has 0 aromatic heterocycles. The molecular formula is C14H31NO2. The van der Waals surface area contributed by atoms with E-state index in [0.29, 0.717) is 12.3 Å². The number of aliphatic carboxylic acids is 1. The van der Waals surface area contributed by atoms with Crippen LogP contribution in [0.2, 0.25) is 0 Å². The first-order valence-corrected chi connectivity index (χ1v) is 6.76. The van der Waals surface area contributed by atoms with Crippen molar-refractivity contribution in [2.45, 2.75) is 78.7 Å². The van der Waals surface area contributed by atoms with Crippen molar-refractivity contribution in [1.82, 2.24) is 0 Å². The van der Waals surface area contributed by atoms with E-state index in [1.165, 1.54) is 12.8 Å². The molecule has 0 rings (SSSR count). The highest BCUT2D eigenvalue weighted by atomic mass is 16.4. The Labute approximate surface area is 107 Å². The van der Waals surface area contributed by atoms with Crippen LogP contribution in [0.5, 0.6) is 0 Å². The molecule has 3 heteroatoms. The largest absolute Gasteiger partial charge is 0.481 e. The smallest absolute Gasteiger partial charge is 0.303 e. The van der Waals surface area contributed by atoms with Gasteiger partial charge in [0.15, 0.2) is 0 Å². The normalized spacial score (nSPS) is 12.6. The zero-order chi connectivity index (χ0) is 13.9. The van der Waals surface area contributed by atoms with E-state index in [2.05, 4.69) is 34.6 Å². The van der Waals surface area contributed by atoms with Gasteiger partial charge < -0.3 is 10.8 Å². The van der Waals surface area contributed by atoms with Crippen LogP contribution in [-0.4, -0.2) is 16.6 Å². The van der Waals surface area contributed by atoms with Gasteiger partial charge in [-0.3, -0.25) is 4.79 Å². The minimum Gasteiger partial charge on any atom is -0.481 e. The summed E-state index contributed by atoms with van der Waals surface area (Å²) in [4.78, 5) is 9.87. The maximum Gasteiger partial charge on any atom is 0.303 e. The average molecular weight is 245 g/mol. The first kappa shape index (κ1) is 18.8. The van der Waals surface area contributed by atoms with E-state index in [1.807, 2.05) is 0 Å². The fourth-order valence-corrected chi connectivity index (χ4v) is 1.33. The molecule has 3 nitrogen and oxygen atoms in total. The van der Waals surface area contributed by atoms with Crippen LogP contribution < -0.4 is 5.73 Å². The topological polar surface area (TPSA) is 63.3 Å². The Bertz CT molecular complexity index is 185. The van der Waals surface area contributed by atoms with E-state index in [1.54, 1.807) is 0 Å². The van der Waals surface area contributed by atoms with Gasteiger partial charge in [-0.15, -0.1) is 0 Å². The number of rotatable bonds is 7. The first-order valence-electron chi connectivity index (χ1n) is 6.76. The Morgan fingerprint density at radius 1 is 1.24 bits per heavy atom. The number of unbranched alkanes of at least 4 members (excludes halogenated alkanes) is 2. The molecule has 0 bridgehead atoms. The third-order valence-electron chi connectivity index (χ3n) is 2.99. The second-order valence-electron chi connectivity index (χ2n) is 5.36. The molecule has 0 fully saturated rings. The fraction of sp³-hybridized carbons (Fsp3) is 0.929. The maximum absolute atomic E-state index is 9.87. The molecular weight excluding hydrogens is 214 g/mol. The molecule has 0 aliphatic rings. The molecule has 0 radical (unpaired) electrons. The highest BCUT2D eigenvalue weighted by Crippen LogP contribution is 2.17. The van der Waals surface area contributed by atoms with Gasteiger partial charge in [0.05, 0.1) is 0 Å². The van der Waals surface area contributed by atoms with Gasteiger partial charge in [0.1, 0.15) is 0 Å². The number of carboxylic acids is 1. The van der Waals surface area contributed by atoms with Gasteiger partial charge in [-0.2, -0.15) is 0 Å². The Kier molecular flexibility index (Phi) is 11.7. The standard InChI is InChI=1S/C8H19N.C6H12O2/c1-5-6-7(2)8(3,4)9;1-2-3-4-5-6(7)8/h7H,5-6,9H2,1-4H3;2-5H2,1H3,(H,7,8). The Morgan fingerprint density at radius 3 is 2.00 bits per heavy atom. The van der Waals surface area contributed by atoms with Crippen LogP contribution >= 0.6 is 0 Å². The average Bonchev–Trinajstić information content (AvgIpc) is 2.17. The van der Waals surface area contributed by atoms with Crippen molar-refractivity contribution in [3.63, 3.8) is 0 Å². The minimum atomic E-state index is -0.682. The van der Waals surface area contributed by atoms with Crippen molar-refractivity contribution >= 4 is 5.97 Å². The summed E-state index contributed by atoms with van der Waals surface area (Å²) >= 11 is 0. The summed E-state index contributed by atoms with van der Waals surface area (Å²) < 4.78 is 0. The zero-order valence-electron chi connectivity index (χ0n) is 12.3. The molecule has 0 aromatic carbocycles. The third-order valence-corrected chi connectivity index (χ3v) is 2.99. The number of nitrogens with two attached hydrogens (primary N) is 1. The molecule has 0 spiro atoms. The molecule has 1 unspecified atom stereocenters. The van der Waals surface area contributed by atoms with E-state index in [0.717, 1.165) is 19.3 Å². The quantitative estimate of drug-likeness (QED) is 0.670. The van der Waals surface area contributed by atoms with E-state index in [4.69, 9.17) is 10.8 Å². The van der Waals surface area contributed by atoms with E-state index in [9.17, 15) is 4.79 Å². The molecule has 17 heavy (non-hydrogen) atoms. The van der Waals surface area contributed by atoms with Gasteiger partial charge in [-0.1, -0.05) is 40.0 Å². The molecule has 0 amide bonds. The van der Waals surface area contributed by atoms with Crippen molar-refractivity contribution in [3.8, 4) is 0 Å². The van der Waals surface area contributed by atoms with Crippen LogP contribution in [0.4, 0.5) is 0 Å². The molecule has 1 atom stereocenters. The lowest BCUT2D eigenvalue weighted by atomic mass is 9.87. The van der Waals surface area contributed by atoms with Crippen molar-refractivity contribution in [2.24, 2.45) is 11.7 Å². The van der Waals surface area contributed by atoms with Gasteiger partial charge in [0, 0.05) is 12.0 Å². The number of hydrogen-bond donors (Lipinski definition) is 2. The number of carboxylic acid groups (broad SMARTS) is 1. The molecule has 0 saturated carbocycles. The molecule has 0 saturated heterocycles. The molecule has 104 valence electrons. The van der Waals surface area contributed by atoms with Crippen molar-refractivity contribution in [2.75, 3.05) is 0 Å². The highest BCUT2D eigenvalue weighted by molar-refractivity contribution is 5.66. The Balaban J connectivity index is 0. The second-order valence-corrected chi connectivity index (χ2v) is 5.36. The second kappa shape index (κ2) is 10.6. The maximum atomic E-state index is 9.87. The fourth-order valence-electron chi connectivity index (χ4n) is 1.33. The number of hydrogen-bond acceptors (Lipinski definition) is 2. The minimum absolute atomic E-state index is 0.00993. The van der Waals surface area contributed by atoms with E-state index in [-0.39, 0.29) is 5.54 Å². The predicted octanol–water partition coefficient (Wildman–Crippen LogP) is 3.81. The monoisotopic (exact) mass is 245 g/mol. The van der Waals surface area contributed by atoms with E-state index >= 15 is 0 Å². The van der Waals surface area contributed by atoms with E-state index < -0.39 is 5.97 Å². The van der Waals surface area contributed by atoms with Crippen molar-refractivity contribution in [1.29, 1.82) is 0 Å². The summed E-state index contributed by atoms with van der Waals surface area (Å²) in [6.07, 6.45) is 5.75. The van der Waals surface area contributed by atoms with Crippen LogP contribution in [0.3, 0.4) is 0 Å². The summed E-state index contributed by atoms with van der Waals surface area (Å²) in [5.41, 5.74) is 5.87. The summed E-state index contributed by atoms with van der Waals surface area (Å²) in [5, 5.41) is 8.14. The summed E-state index contributed by atoms with van der Waals surface area (Å²) in [6.45, 7) is 10.6. The predicted molar refractivity (Wildman–Crippen MR) is 74.1 cm³/mol. The van der Waals surface area contributed by atoms with Gasteiger partial charge in [0.2, 0.25) is 0 Å². The molecule has 3 N–H and O–H groups in total. The molecule has 0 aliphatic heterocycles. The molecule has 0 aromatic rings. The summed E-state index contributed by atoms with van der Waals surface area (Å²) in [6, 6.07) is 0. The Hall–Kier alpha value is -0.570. The van der Waals surface area contributed by atoms with Crippen LogP contribution in [0.15, 0.2) is 0 Å². The zero-order valence-corrected chi connectivity index (χ0v) is 12.3. The lowest BCUT2D eigenvalue weighted by Gasteiger charge is -2.26. The van der Waals surface area contributed by atoms with Gasteiger partial charge >= 0.3 is 5.97 Å².